The van der Waals surface area contributed by atoms with Gasteiger partial charge in [-0.1, -0.05) is 6.08 Å². The average Bonchev–Trinajstić information content (AvgIpc) is 2.46. The first-order valence-electron chi connectivity index (χ1n) is 5.00. The summed E-state index contributed by atoms with van der Waals surface area (Å²) in [5.74, 6) is -0.100. The maximum atomic E-state index is 5.77. The lowest BCUT2D eigenvalue weighted by Gasteiger charge is -2.22. The molecule has 0 aromatic heterocycles. The molecular formula is C11H20O3. The number of hydrogen-bond donors (Lipinski definition) is 0. The van der Waals surface area contributed by atoms with Gasteiger partial charge in [0.05, 0.1) is 19.3 Å². The molecule has 1 rings (SSSR count). The van der Waals surface area contributed by atoms with Gasteiger partial charge in [-0.15, -0.1) is 6.58 Å². The van der Waals surface area contributed by atoms with Crippen LogP contribution < -0.4 is 0 Å². The summed E-state index contributed by atoms with van der Waals surface area (Å²) in [6.07, 6.45) is 2.93. The Kier molecular flexibility index (Phi) is 4.11. The first-order valence-corrected chi connectivity index (χ1v) is 5.00. The molecule has 0 aromatic rings. The summed E-state index contributed by atoms with van der Waals surface area (Å²) >= 11 is 0. The molecule has 0 unspecified atom stereocenters. The van der Waals surface area contributed by atoms with E-state index >= 15 is 0 Å². The summed E-state index contributed by atoms with van der Waals surface area (Å²) in [7, 11) is 1.71. The predicted molar refractivity (Wildman–Crippen MR) is 55.1 cm³/mol. The molecule has 0 spiro atoms. The molecule has 14 heavy (non-hydrogen) atoms. The average molecular weight is 200 g/mol. The van der Waals surface area contributed by atoms with Crippen molar-refractivity contribution in [1.29, 1.82) is 0 Å². The van der Waals surface area contributed by atoms with Crippen LogP contribution in [0.4, 0.5) is 0 Å². The molecule has 1 aliphatic rings. The number of methoxy groups -OCH3 is 1. The van der Waals surface area contributed by atoms with Gasteiger partial charge in [0.25, 0.3) is 0 Å². The second-order valence-corrected chi connectivity index (χ2v) is 4.11. The highest BCUT2D eigenvalue weighted by Gasteiger charge is 2.36. The third-order valence-corrected chi connectivity index (χ3v) is 2.41. The highest BCUT2D eigenvalue weighted by molar-refractivity contribution is 4.83. The molecule has 1 saturated heterocycles. The van der Waals surface area contributed by atoms with E-state index in [0.717, 1.165) is 6.42 Å². The molecular weight excluding hydrogens is 180 g/mol. The zero-order valence-corrected chi connectivity index (χ0v) is 9.29. The second kappa shape index (κ2) is 4.91. The van der Waals surface area contributed by atoms with Crippen LogP contribution in [0.3, 0.4) is 0 Å². The molecule has 0 aromatic carbocycles. The highest BCUT2D eigenvalue weighted by atomic mass is 16.7. The van der Waals surface area contributed by atoms with Gasteiger partial charge in [-0.25, -0.2) is 0 Å². The first-order chi connectivity index (χ1) is 6.59. The van der Waals surface area contributed by atoms with Gasteiger partial charge in [-0.3, -0.25) is 0 Å². The third kappa shape index (κ3) is 3.08. The summed E-state index contributed by atoms with van der Waals surface area (Å²) in [5, 5.41) is 0. The van der Waals surface area contributed by atoms with E-state index in [1.807, 2.05) is 19.9 Å². The summed E-state index contributed by atoms with van der Waals surface area (Å²) < 4.78 is 16.4. The molecule has 3 nitrogen and oxygen atoms in total. The Morgan fingerprint density at radius 3 is 2.79 bits per heavy atom. The zero-order chi connectivity index (χ0) is 10.6. The van der Waals surface area contributed by atoms with E-state index in [2.05, 4.69) is 6.58 Å². The smallest absolute Gasteiger partial charge is 0.163 e. The van der Waals surface area contributed by atoms with Crippen LogP contribution in [0.5, 0.6) is 0 Å². The van der Waals surface area contributed by atoms with E-state index in [-0.39, 0.29) is 6.10 Å². The molecule has 0 aliphatic carbocycles. The standard InChI is InChI=1S/C11H20O3/c1-5-6-9(7-12-4)10-8-13-11(2,3)14-10/h5,9-10H,1,6-8H2,2-4H3/t9-,10+/m0/s1. The Balaban J connectivity index is 2.48. The molecule has 82 valence electrons. The lowest BCUT2D eigenvalue weighted by molar-refractivity contribution is -0.146. The van der Waals surface area contributed by atoms with E-state index in [4.69, 9.17) is 14.2 Å². The van der Waals surface area contributed by atoms with E-state index in [1.165, 1.54) is 0 Å². The SMILES string of the molecule is C=CC[C@@H](COC)[C@H]1COC(C)(C)O1. The van der Waals surface area contributed by atoms with Gasteiger partial charge in [0, 0.05) is 13.0 Å². The van der Waals surface area contributed by atoms with Gasteiger partial charge in [0.2, 0.25) is 0 Å². The Bertz CT molecular complexity index is 189. The summed E-state index contributed by atoms with van der Waals surface area (Å²) in [4.78, 5) is 0. The summed E-state index contributed by atoms with van der Waals surface area (Å²) in [6.45, 7) is 8.95. The zero-order valence-electron chi connectivity index (χ0n) is 9.29. The topological polar surface area (TPSA) is 27.7 Å². The quantitative estimate of drug-likeness (QED) is 0.635. The number of allylic oxidation sites excluding steroid dienone is 1. The number of rotatable bonds is 5. The van der Waals surface area contributed by atoms with Crippen molar-refractivity contribution in [3.05, 3.63) is 12.7 Å². The molecule has 3 heteroatoms. The van der Waals surface area contributed by atoms with Gasteiger partial charge in [-0.2, -0.15) is 0 Å². The molecule has 0 N–H and O–H groups in total. The van der Waals surface area contributed by atoms with Crippen molar-refractivity contribution in [3.8, 4) is 0 Å². The lowest BCUT2D eigenvalue weighted by Crippen LogP contribution is -2.29. The van der Waals surface area contributed by atoms with Gasteiger partial charge in [0.1, 0.15) is 0 Å². The van der Waals surface area contributed by atoms with Gasteiger partial charge in [0.15, 0.2) is 5.79 Å². The van der Waals surface area contributed by atoms with Crippen LogP contribution in [0.15, 0.2) is 12.7 Å². The van der Waals surface area contributed by atoms with Crippen LogP contribution in [0.25, 0.3) is 0 Å². The number of ether oxygens (including phenoxy) is 3. The minimum atomic E-state index is -0.447. The molecule has 0 bridgehead atoms. The fourth-order valence-corrected chi connectivity index (χ4v) is 1.70. The Morgan fingerprint density at radius 1 is 1.64 bits per heavy atom. The normalized spacial score (nSPS) is 27.5. The highest BCUT2D eigenvalue weighted by Crippen LogP contribution is 2.28. The van der Waals surface area contributed by atoms with Crippen molar-refractivity contribution >= 4 is 0 Å². The minimum absolute atomic E-state index is 0.128. The predicted octanol–water partition coefficient (Wildman–Crippen LogP) is 1.98. The van der Waals surface area contributed by atoms with E-state index in [1.54, 1.807) is 7.11 Å². The Hall–Kier alpha value is -0.380. The largest absolute Gasteiger partial charge is 0.384 e. The summed E-state index contributed by atoms with van der Waals surface area (Å²) in [5.41, 5.74) is 0. The monoisotopic (exact) mass is 200 g/mol. The fraction of sp³-hybridized carbons (Fsp3) is 0.818. The van der Waals surface area contributed by atoms with Gasteiger partial charge < -0.3 is 14.2 Å². The van der Waals surface area contributed by atoms with Crippen LogP contribution in [-0.4, -0.2) is 32.2 Å². The molecule has 0 amide bonds. The van der Waals surface area contributed by atoms with Crippen LogP contribution in [0, 0.1) is 5.92 Å². The third-order valence-electron chi connectivity index (χ3n) is 2.41. The van der Waals surface area contributed by atoms with Gasteiger partial charge in [-0.05, 0) is 20.3 Å². The van der Waals surface area contributed by atoms with Crippen molar-refractivity contribution in [2.45, 2.75) is 32.2 Å². The molecule has 0 saturated carbocycles. The molecule has 2 atom stereocenters. The maximum absolute atomic E-state index is 5.77. The molecule has 1 heterocycles. The van der Waals surface area contributed by atoms with Gasteiger partial charge >= 0.3 is 0 Å². The first kappa shape index (κ1) is 11.7. The van der Waals surface area contributed by atoms with Crippen molar-refractivity contribution < 1.29 is 14.2 Å². The van der Waals surface area contributed by atoms with Crippen LogP contribution in [0.2, 0.25) is 0 Å². The van der Waals surface area contributed by atoms with E-state index in [0.29, 0.717) is 19.1 Å². The lowest BCUT2D eigenvalue weighted by atomic mass is 10.0. The second-order valence-electron chi connectivity index (χ2n) is 4.11. The van der Waals surface area contributed by atoms with Crippen LogP contribution >= 0.6 is 0 Å². The van der Waals surface area contributed by atoms with Crippen LogP contribution in [0.1, 0.15) is 20.3 Å². The van der Waals surface area contributed by atoms with E-state index in [9.17, 15) is 0 Å². The van der Waals surface area contributed by atoms with Crippen molar-refractivity contribution in [1.82, 2.24) is 0 Å². The Morgan fingerprint density at radius 2 is 2.36 bits per heavy atom. The molecule has 1 fully saturated rings. The molecule has 1 aliphatic heterocycles. The van der Waals surface area contributed by atoms with Crippen LogP contribution in [-0.2, 0) is 14.2 Å². The Labute approximate surface area is 86.0 Å². The minimum Gasteiger partial charge on any atom is -0.384 e. The van der Waals surface area contributed by atoms with Crippen molar-refractivity contribution in [2.75, 3.05) is 20.3 Å². The summed E-state index contributed by atoms with van der Waals surface area (Å²) in [6, 6.07) is 0. The van der Waals surface area contributed by atoms with Crippen molar-refractivity contribution in [3.63, 3.8) is 0 Å². The fourth-order valence-electron chi connectivity index (χ4n) is 1.70. The van der Waals surface area contributed by atoms with Crippen molar-refractivity contribution in [2.24, 2.45) is 5.92 Å². The maximum Gasteiger partial charge on any atom is 0.163 e. The number of hydrogen-bond acceptors (Lipinski definition) is 3. The van der Waals surface area contributed by atoms with E-state index < -0.39 is 5.79 Å². The molecule has 0 radical (unpaired) electrons.